The summed E-state index contributed by atoms with van der Waals surface area (Å²) < 4.78 is 8.47. The van der Waals surface area contributed by atoms with E-state index in [2.05, 4.69) is 20.4 Å². The highest BCUT2D eigenvalue weighted by atomic mass is 16.5. The number of fused-ring (bicyclic) bond motifs is 1. The minimum absolute atomic E-state index is 0.193. The Morgan fingerprint density at radius 1 is 1.03 bits per heavy atom. The first kappa shape index (κ1) is 21.8. The van der Waals surface area contributed by atoms with Gasteiger partial charge >= 0.3 is 5.69 Å². The minimum atomic E-state index is -0.711. The van der Waals surface area contributed by atoms with Crippen LogP contribution < -0.4 is 21.3 Å². The molecule has 10 nitrogen and oxygen atoms in total. The van der Waals surface area contributed by atoms with Gasteiger partial charge in [0.25, 0.3) is 11.5 Å². The van der Waals surface area contributed by atoms with Crippen LogP contribution in [0.15, 0.2) is 82.6 Å². The Morgan fingerprint density at radius 2 is 1.80 bits per heavy atom. The molecule has 5 rings (SSSR count). The number of aromatic amines is 1. The van der Waals surface area contributed by atoms with Crippen molar-refractivity contribution in [3.05, 3.63) is 111 Å². The maximum Gasteiger partial charge on any atom is 0.333 e. The molecule has 0 unspecified atom stereocenters. The largest absolute Gasteiger partial charge is 0.439 e. The van der Waals surface area contributed by atoms with Gasteiger partial charge in [-0.15, -0.1) is 0 Å². The lowest BCUT2D eigenvalue weighted by Crippen LogP contribution is -2.38. The summed E-state index contributed by atoms with van der Waals surface area (Å²) >= 11 is 0. The second-order valence-electron chi connectivity index (χ2n) is 7.85. The van der Waals surface area contributed by atoms with Crippen molar-refractivity contribution in [2.45, 2.75) is 13.8 Å². The van der Waals surface area contributed by atoms with Crippen molar-refractivity contribution in [3.63, 3.8) is 0 Å². The Morgan fingerprint density at radius 3 is 2.57 bits per heavy atom. The summed E-state index contributed by atoms with van der Waals surface area (Å²) in [5, 5.41) is 6.89. The molecule has 35 heavy (non-hydrogen) atoms. The number of nitrogens with one attached hydrogen (secondary N) is 2. The summed E-state index contributed by atoms with van der Waals surface area (Å²) in [6.07, 6.45) is 2.75. The van der Waals surface area contributed by atoms with E-state index in [4.69, 9.17) is 4.74 Å². The minimum Gasteiger partial charge on any atom is -0.439 e. The number of anilines is 1. The van der Waals surface area contributed by atoms with Gasteiger partial charge in [0.05, 0.1) is 11.9 Å². The molecule has 10 heteroatoms. The van der Waals surface area contributed by atoms with E-state index in [1.54, 1.807) is 78.3 Å². The van der Waals surface area contributed by atoms with Gasteiger partial charge in [0.15, 0.2) is 5.65 Å². The van der Waals surface area contributed by atoms with Crippen molar-refractivity contribution in [3.8, 4) is 17.3 Å². The van der Waals surface area contributed by atoms with Crippen LogP contribution in [-0.4, -0.2) is 30.1 Å². The lowest BCUT2D eigenvalue weighted by Gasteiger charge is -2.11. The van der Waals surface area contributed by atoms with Crippen LogP contribution in [0.3, 0.4) is 0 Å². The maximum absolute atomic E-state index is 13.0. The molecule has 0 saturated carbocycles. The Hall–Kier alpha value is -4.99. The van der Waals surface area contributed by atoms with E-state index in [0.717, 1.165) is 22.0 Å². The summed E-state index contributed by atoms with van der Waals surface area (Å²) in [6, 6.07) is 17.1. The zero-order chi connectivity index (χ0) is 24.5. The van der Waals surface area contributed by atoms with Gasteiger partial charge in [-0.3, -0.25) is 9.59 Å². The summed E-state index contributed by atoms with van der Waals surface area (Å²) in [6.45, 7) is 3.64. The molecule has 5 aromatic rings. The number of aromatic nitrogens is 5. The molecule has 3 heterocycles. The topological polar surface area (TPSA) is 123 Å². The first-order chi connectivity index (χ1) is 16.9. The first-order valence-electron chi connectivity index (χ1n) is 10.7. The average Bonchev–Trinajstić information content (AvgIpc) is 3.30. The zero-order valence-electron chi connectivity index (χ0n) is 18.9. The van der Waals surface area contributed by atoms with Crippen LogP contribution in [-0.2, 0) is 0 Å². The number of amides is 1. The van der Waals surface area contributed by atoms with Crippen LogP contribution in [0.5, 0.6) is 11.6 Å². The molecule has 0 atom stereocenters. The van der Waals surface area contributed by atoms with Crippen LogP contribution in [0.2, 0.25) is 0 Å². The van der Waals surface area contributed by atoms with E-state index in [-0.39, 0.29) is 5.56 Å². The van der Waals surface area contributed by atoms with Crippen LogP contribution in [0.1, 0.15) is 21.6 Å². The normalized spacial score (nSPS) is 10.9. The number of carbonyl (C=O) groups excluding carboxylic acids is 1. The van der Waals surface area contributed by atoms with Gasteiger partial charge in [0, 0.05) is 29.7 Å². The quantitative estimate of drug-likeness (QED) is 0.408. The third-order valence-corrected chi connectivity index (χ3v) is 5.37. The first-order valence-corrected chi connectivity index (χ1v) is 10.7. The highest BCUT2D eigenvalue weighted by Gasteiger charge is 2.17. The molecule has 174 valence electrons. The molecule has 0 radical (unpaired) electrons. The molecule has 0 aliphatic carbocycles. The summed E-state index contributed by atoms with van der Waals surface area (Å²) in [5.41, 5.74) is 1.51. The summed E-state index contributed by atoms with van der Waals surface area (Å²) in [5.74, 6) is 0.376. The molecule has 0 bridgehead atoms. The number of aryl methyl sites for hydroxylation is 2. The molecular weight excluding hydrogens is 448 g/mol. The van der Waals surface area contributed by atoms with Crippen molar-refractivity contribution in [1.82, 2.24) is 24.1 Å². The number of hydrogen-bond acceptors (Lipinski definition) is 6. The highest BCUT2D eigenvalue weighted by molar-refractivity contribution is 6.03. The van der Waals surface area contributed by atoms with Crippen molar-refractivity contribution in [2.24, 2.45) is 0 Å². The van der Waals surface area contributed by atoms with Crippen molar-refractivity contribution >= 4 is 17.2 Å². The van der Waals surface area contributed by atoms with Crippen molar-refractivity contribution in [1.29, 1.82) is 0 Å². The second kappa shape index (κ2) is 8.75. The lowest BCUT2D eigenvalue weighted by molar-refractivity contribution is 0.102. The number of ether oxygens (including phenoxy) is 1. The predicted octanol–water partition coefficient (Wildman–Crippen LogP) is 3.23. The van der Waals surface area contributed by atoms with E-state index in [0.29, 0.717) is 28.7 Å². The molecule has 0 aliphatic rings. The number of benzene rings is 2. The summed E-state index contributed by atoms with van der Waals surface area (Å²) in [7, 11) is 0. The number of H-pyrrole nitrogens is 1. The summed E-state index contributed by atoms with van der Waals surface area (Å²) in [4.78, 5) is 45.0. The standard InChI is InChI=1S/C25H20N6O4/c1-15-5-3-4-6-20(15)30-24(33)19(14-26-25(30)34)23(32)29-17-7-9-18(10-8-17)35-22-13-16(2)28-21-11-12-27-31(21)22/h3-14H,1-2H3,(H,26,34)(H,29,32). The fourth-order valence-corrected chi connectivity index (χ4v) is 3.67. The van der Waals surface area contributed by atoms with Gasteiger partial charge in [0.1, 0.15) is 11.3 Å². The van der Waals surface area contributed by atoms with Gasteiger partial charge in [-0.25, -0.2) is 14.3 Å². The molecule has 1 amide bonds. The van der Waals surface area contributed by atoms with Crippen molar-refractivity contribution < 1.29 is 9.53 Å². The zero-order valence-corrected chi connectivity index (χ0v) is 18.9. The maximum atomic E-state index is 13.0. The van der Waals surface area contributed by atoms with Crippen LogP contribution in [0, 0.1) is 13.8 Å². The SMILES string of the molecule is Cc1cc(Oc2ccc(NC(=O)c3c[nH]c(=O)n(-c4ccccc4C)c3=O)cc2)n2nccc2n1. The molecule has 0 saturated heterocycles. The van der Waals surface area contributed by atoms with E-state index in [1.165, 1.54) is 0 Å². The van der Waals surface area contributed by atoms with Gasteiger partial charge in [-0.1, -0.05) is 18.2 Å². The predicted molar refractivity (Wildman–Crippen MR) is 130 cm³/mol. The van der Waals surface area contributed by atoms with Gasteiger partial charge < -0.3 is 15.0 Å². The molecular formula is C25H20N6O4. The van der Waals surface area contributed by atoms with Crippen LogP contribution in [0.4, 0.5) is 5.69 Å². The number of nitrogens with zero attached hydrogens (tertiary/aromatic N) is 4. The third kappa shape index (κ3) is 4.20. The lowest BCUT2D eigenvalue weighted by atomic mass is 10.2. The van der Waals surface area contributed by atoms with Gasteiger partial charge in [-0.05, 0) is 49.7 Å². The van der Waals surface area contributed by atoms with Crippen LogP contribution in [0.25, 0.3) is 11.3 Å². The van der Waals surface area contributed by atoms with Crippen LogP contribution >= 0.6 is 0 Å². The number of hydrogen-bond donors (Lipinski definition) is 2. The van der Waals surface area contributed by atoms with E-state index >= 15 is 0 Å². The van der Waals surface area contributed by atoms with Crippen molar-refractivity contribution in [2.75, 3.05) is 5.32 Å². The van der Waals surface area contributed by atoms with Gasteiger partial charge in [0.2, 0.25) is 5.88 Å². The smallest absolute Gasteiger partial charge is 0.333 e. The Bertz CT molecular complexity index is 1680. The number of carbonyl (C=O) groups is 1. The number of rotatable bonds is 5. The fraction of sp³-hybridized carbons (Fsp3) is 0.0800. The average molecular weight is 468 g/mol. The van der Waals surface area contributed by atoms with E-state index in [1.807, 2.05) is 6.92 Å². The molecule has 0 aliphatic heterocycles. The third-order valence-electron chi connectivity index (χ3n) is 5.37. The fourth-order valence-electron chi connectivity index (χ4n) is 3.67. The molecule has 0 fully saturated rings. The second-order valence-corrected chi connectivity index (χ2v) is 7.85. The Labute approximate surface area is 198 Å². The van der Waals surface area contributed by atoms with Gasteiger partial charge in [-0.2, -0.15) is 9.61 Å². The Balaban J connectivity index is 1.38. The van der Waals surface area contributed by atoms with E-state index in [9.17, 15) is 14.4 Å². The van der Waals surface area contributed by atoms with E-state index < -0.39 is 17.2 Å². The monoisotopic (exact) mass is 468 g/mol. The highest BCUT2D eigenvalue weighted by Crippen LogP contribution is 2.24. The molecule has 0 spiro atoms. The molecule has 3 aromatic heterocycles. The Kier molecular flexibility index (Phi) is 5.46. The number of para-hydroxylation sites is 1. The molecule has 2 N–H and O–H groups in total. The molecule has 2 aromatic carbocycles.